The molecule has 2 rings (SSSR count). The van der Waals surface area contributed by atoms with Gasteiger partial charge in [-0.2, -0.15) is 5.21 Å². The molecule has 1 atom stereocenters. The molecule has 1 aromatic heterocycles. The van der Waals surface area contributed by atoms with Crippen molar-refractivity contribution in [2.24, 2.45) is 0 Å². The molecule has 5 nitrogen and oxygen atoms in total. The molecule has 0 aliphatic carbocycles. The summed E-state index contributed by atoms with van der Waals surface area (Å²) < 4.78 is 12.2. The third-order valence-electron chi connectivity index (χ3n) is 2.02. The van der Waals surface area contributed by atoms with Crippen LogP contribution in [0.1, 0.15) is 11.7 Å². The van der Waals surface area contributed by atoms with Crippen molar-refractivity contribution >= 4 is 0 Å². The van der Waals surface area contributed by atoms with Gasteiger partial charge >= 0.3 is 0 Å². The molecule has 2 N–H and O–H groups in total. The molecule has 0 fully saturated rings. The Morgan fingerprint density at radius 3 is 3.00 bits per heavy atom. The first kappa shape index (κ1) is 9.72. The van der Waals surface area contributed by atoms with Crippen molar-refractivity contribution < 1.29 is 9.50 Å². The Labute approximate surface area is 85.0 Å². The minimum Gasteiger partial charge on any atom is -0.386 e. The highest BCUT2D eigenvalue weighted by Gasteiger charge is 2.09. The molecule has 0 amide bonds. The summed E-state index contributed by atoms with van der Waals surface area (Å²) in [6.45, 7) is -0.810. The number of nitrogens with one attached hydrogen (secondary N) is 1. The Kier molecular flexibility index (Phi) is 2.68. The molecule has 1 heterocycles. The summed E-state index contributed by atoms with van der Waals surface area (Å²) >= 11 is 0. The molecule has 78 valence electrons. The van der Waals surface area contributed by atoms with Gasteiger partial charge in [0.15, 0.2) is 0 Å². The Hall–Kier alpha value is -1.82. The second kappa shape index (κ2) is 4.14. The first-order valence-corrected chi connectivity index (χ1v) is 4.39. The summed E-state index contributed by atoms with van der Waals surface area (Å²) in [6.07, 6.45) is -1.10. The van der Waals surface area contributed by atoms with Crippen LogP contribution in [0.25, 0.3) is 11.4 Å². The topological polar surface area (TPSA) is 74.7 Å². The van der Waals surface area contributed by atoms with Crippen LogP contribution in [0.2, 0.25) is 0 Å². The normalized spacial score (nSPS) is 12.7. The number of H-pyrrole nitrogens is 1. The quantitative estimate of drug-likeness (QED) is 0.784. The van der Waals surface area contributed by atoms with E-state index in [4.69, 9.17) is 0 Å². The van der Waals surface area contributed by atoms with Crippen LogP contribution in [-0.4, -0.2) is 32.4 Å². The number of rotatable bonds is 3. The molecule has 0 saturated carbocycles. The minimum atomic E-state index is -1.10. The molecular formula is C9H9FN4O. The second-order valence-corrected chi connectivity index (χ2v) is 3.03. The number of benzene rings is 1. The number of halogens is 1. The van der Waals surface area contributed by atoms with E-state index in [1.165, 1.54) is 0 Å². The predicted octanol–water partition coefficient (Wildman–Crippen LogP) is 0.870. The summed E-state index contributed by atoms with van der Waals surface area (Å²) in [7, 11) is 0. The summed E-state index contributed by atoms with van der Waals surface area (Å²) in [4.78, 5) is 0. The zero-order chi connectivity index (χ0) is 10.7. The molecule has 6 heteroatoms. The molecule has 0 aliphatic rings. The summed E-state index contributed by atoms with van der Waals surface area (Å²) in [5, 5.41) is 22.6. The molecule has 0 spiro atoms. The third kappa shape index (κ3) is 1.99. The number of hydrogen-bond acceptors (Lipinski definition) is 4. The summed E-state index contributed by atoms with van der Waals surface area (Å²) in [6, 6.07) is 6.75. The van der Waals surface area contributed by atoms with Crippen LogP contribution in [0, 0.1) is 0 Å². The molecule has 0 saturated heterocycles. The third-order valence-corrected chi connectivity index (χ3v) is 2.02. The zero-order valence-corrected chi connectivity index (χ0v) is 7.76. The predicted molar refractivity (Wildman–Crippen MR) is 50.5 cm³/mol. The maximum Gasteiger partial charge on any atom is 0.204 e. The van der Waals surface area contributed by atoms with Crippen molar-refractivity contribution in [2.75, 3.05) is 6.67 Å². The first-order valence-electron chi connectivity index (χ1n) is 4.39. The van der Waals surface area contributed by atoms with Gasteiger partial charge in [0.25, 0.3) is 0 Å². The maximum absolute atomic E-state index is 12.2. The van der Waals surface area contributed by atoms with Crippen molar-refractivity contribution in [3.63, 3.8) is 0 Å². The Bertz CT molecular complexity index is 431. The van der Waals surface area contributed by atoms with Crippen LogP contribution in [-0.2, 0) is 0 Å². The van der Waals surface area contributed by atoms with Gasteiger partial charge in [-0.25, -0.2) is 4.39 Å². The average Bonchev–Trinajstić information content (AvgIpc) is 2.82. The summed E-state index contributed by atoms with van der Waals surface area (Å²) in [5.41, 5.74) is 1.19. The van der Waals surface area contributed by atoms with Crippen molar-refractivity contribution in [1.82, 2.24) is 20.6 Å². The molecule has 1 aromatic carbocycles. The van der Waals surface area contributed by atoms with Gasteiger partial charge in [0.1, 0.15) is 12.8 Å². The monoisotopic (exact) mass is 208 g/mol. The largest absolute Gasteiger partial charge is 0.386 e. The number of aliphatic hydroxyl groups is 1. The number of aromatic amines is 1. The lowest BCUT2D eigenvalue weighted by Crippen LogP contribution is -1.99. The van der Waals surface area contributed by atoms with Crippen LogP contribution in [0.5, 0.6) is 0 Å². The van der Waals surface area contributed by atoms with E-state index < -0.39 is 12.8 Å². The van der Waals surface area contributed by atoms with E-state index in [9.17, 15) is 9.50 Å². The van der Waals surface area contributed by atoms with Crippen molar-refractivity contribution in [1.29, 1.82) is 0 Å². The number of hydrogen-bond donors (Lipinski definition) is 2. The summed E-state index contributed by atoms with van der Waals surface area (Å²) in [5.74, 6) is 0.419. The molecule has 0 radical (unpaired) electrons. The minimum absolute atomic E-state index is 0.419. The fraction of sp³-hybridized carbons (Fsp3) is 0.222. The van der Waals surface area contributed by atoms with Crippen LogP contribution < -0.4 is 0 Å². The van der Waals surface area contributed by atoms with Gasteiger partial charge in [-0.05, 0) is 16.8 Å². The lowest BCUT2D eigenvalue weighted by atomic mass is 10.1. The fourth-order valence-electron chi connectivity index (χ4n) is 1.26. The van der Waals surface area contributed by atoms with Gasteiger partial charge in [0, 0.05) is 5.56 Å². The van der Waals surface area contributed by atoms with Crippen molar-refractivity contribution in [3.8, 4) is 11.4 Å². The molecule has 15 heavy (non-hydrogen) atoms. The van der Waals surface area contributed by atoms with Gasteiger partial charge in [0.05, 0.1) is 0 Å². The standard InChI is InChI=1S/C9H9FN4O/c10-5-8(15)6-2-1-3-7(4-6)9-11-13-14-12-9/h1-4,8,15H,5H2,(H,11,12,13,14). The lowest BCUT2D eigenvalue weighted by Gasteiger charge is -2.06. The van der Waals surface area contributed by atoms with Crippen LogP contribution in [0.15, 0.2) is 24.3 Å². The smallest absolute Gasteiger partial charge is 0.204 e. The van der Waals surface area contributed by atoms with Gasteiger partial charge in [-0.1, -0.05) is 18.2 Å². The van der Waals surface area contributed by atoms with E-state index in [-0.39, 0.29) is 0 Å². The van der Waals surface area contributed by atoms with Crippen LogP contribution in [0.4, 0.5) is 4.39 Å². The molecular weight excluding hydrogens is 199 g/mol. The van der Waals surface area contributed by atoms with E-state index in [2.05, 4.69) is 20.6 Å². The zero-order valence-electron chi connectivity index (χ0n) is 7.76. The highest BCUT2D eigenvalue weighted by molar-refractivity contribution is 5.55. The van der Waals surface area contributed by atoms with E-state index in [0.717, 1.165) is 0 Å². The van der Waals surface area contributed by atoms with Crippen LogP contribution in [0.3, 0.4) is 0 Å². The Morgan fingerprint density at radius 2 is 2.33 bits per heavy atom. The highest BCUT2D eigenvalue weighted by Crippen LogP contribution is 2.19. The number of nitrogens with zero attached hydrogens (tertiary/aromatic N) is 3. The van der Waals surface area contributed by atoms with E-state index in [1.54, 1.807) is 24.3 Å². The Morgan fingerprint density at radius 1 is 1.47 bits per heavy atom. The molecule has 1 unspecified atom stereocenters. The highest BCUT2D eigenvalue weighted by atomic mass is 19.1. The van der Waals surface area contributed by atoms with E-state index in [1.807, 2.05) is 0 Å². The number of aliphatic hydroxyl groups excluding tert-OH is 1. The fourth-order valence-corrected chi connectivity index (χ4v) is 1.26. The second-order valence-electron chi connectivity index (χ2n) is 3.03. The number of aromatic nitrogens is 4. The van der Waals surface area contributed by atoms with E-state index >= 15 is 0 Å². The van der Waals surface area contributed by atoms with Crippen LogP contribution >= 0.6 is 0 Å². The maximum atomic E-state index is 12.2. The van der Waals surface area contributed by atoms with Gasteiger partial charge < -0.3 is 5.11 Å². The number of alkyl halides is 1. The van der Waals surface area contributed by atoms with Crippen molar-refractivity contribution in [2.45, 2.75) is 6.10 Å². The van der Waals surface area contributed by atoms with Crippen molar-refractivity contribution in [3.05, 3.63) is 29.8 Å². The average molecular weight is 208 g/mol. The van der Waals surface area contributed by atoms with E-state index in [0.29, 0.717) is 17.0 Å². The molecule has 0 aliphatic heterocycles. The van der Waals surface area contributed by atoms with Gasteiger partial charge in [0.2, 0.25) is 5.82 Å². The molecule has 2 aromatic rings. The number of tetrazole rings is 1. The lowest BCUT2D eigenvalue weighted by molar-refractivity contribution is 0.142. The first-order chi connectivity index (χ1) is 7.31. The van der Waals surface area contributed by atoms with Gasteiger partial charge in [-0.3, -0.25) is 0 Å². The Balaban J connectivity index is 2.35. The molecule has 0 bridgehead atoms. The SMILES string of the molecule is OC(CF)c1cccc(-c2nn[nH]n2)c1. The van der Waals surface area contributed by atoms with Gasteiger partial charge in [-0.15, -0.1) is 10.2 Å².